The number of nitrogens with one attached hydrogen (secondary N) is 1. The zero-order chi connectivity index (χ0) is 16.8. The number of aromatic nitrogens is 4. The van der Waals surface area contributed by atoms with Crippen molar-refractivity contribution in [1.29, 1.82) is 0 Å². The summed E-state index contributed by atoms with van der Waals surface area (Å²) in [6.45, 7) is 2.21. The molecule has 0 spiro atoms. The standard InChI is InChI=1S/C17H19N5OS/c1-2-3-4-13-5-7-15(8-6-13)18-16(23)11-22-20-17(19-21-22)14-9-10-24-12-14/h5-10,12H,2-4,11H2,1H3,(H,18,23). The fourth-order valence-corrected chi connectivity index (χ4v) is 2.92. The van der Waals surface area contributed by atoms with Crippen LogP contribution >= 0.6 is 11.3 Å². The van der Waals surface area contributed by atoms with E-state index in [1.54, 1.807) is 11.3 Å². The number of carbonyl (C=O) groups excluding carboxylic acids is 1. The summed E-state index contributed by atoms with van der Waals surface area (Å²) >= 11 is 1.57. The Balaban J connectivity index is 1.55. The van der Waals surface area contributed by atoms with Gasteiger partial charge in [-0.15, -0.1) is 10.2 Å². The van der Waals surface area contributed by atoms with Gasteiger partial charge in [0.25, 0.3) is 0 Å². The Kier molecular flexibility index (Phi) is 5.32. The molecule has 0 unspecified atom stereocenters. The number of unbranched alkanes of at least 4 members (excludes halogenated alkanes) is 1. The molecule has 0 fully saturated rings. The number of aryl methyl sites for hydroxylation is 1. The first kappa shape index (κ1) is 16.3. The van der Waals surface area contributed by atoms with Gasteiger partial charge < -0.3 is 5.32 Å². The van der Waals surface area contributed by atoms with Crippen molar-refractivity contribution in [2.24, 2.45) is 0 Å². The van der Waals surface area contributed by atoms with E-state index in [4.69, 9.17) is 0 Å². The number of hydrogen-bond acceptors (Lipinski definition) is 5. The fourth-order valence-electron chi connectivity index (χ4n) is 2.28. The molecule has 0 saturated heterocycles. The molecule has 24 heavy (non-hydrogen) atoms. The van der Waals surface area contributed by atoms with E-state index in [2.05, 4.69) is 27.7 Å². The van der Waals surface area contributed by atoms with E-state index in [0.29, 0.717) is 5.82 Å². The number of amides is 1. The zero-order valence-electron chi connectivity index (χ0n) is 13.5. The number of benzene rings is 1. The molecular weight excluding hydrogens is 322 g/mol. The van der Waals surface area contributed by atoms with Gasteiger partial charge in [-0.05, 0) is 47.2 Å². The third kappa shape index (κ3) is 4.26. The summed E-state index contributed by atoms with van der Waals surface area (Å²) in [4.78, 5) is 13.4. The van der Waals surface area contributed by atoms with E-state index in [1.165, 1.54) is 23.2 Å². The predicted octanol–water partition coefficient (Wildman–Crippen LogP) is 3.38. The Labute approximate surface area is 144 Å². The molecule has 0 saturated carbocycles. The summed E-state index contributed by atoms with van der Waals surface area (Å²) in [5, 5.41) is 18.9. The first-order chi connectivity index (χ1) is 11.7. The largest absolute Gasteiger partial charge is 0.324 e. The van der Waals surface area contributed by atoms with Gasteiger partial charge in [-0.2, -0.15) is 16.1 Å². The Hall–Kier alpha value is -2.54. The summed E-state index contributed by atoms with van der Waals surface area (Å²) in [6.07, 6.45) is 3.42. The van der Waals surface area contributed by atoms with Crippen LogP contribution in [-0.4, -0.2) is 26.1 Å². The lowest BCUT2D eigenvalue weighted by Gasteiger charge is -2.06. The summed E-state index contributed by atoms with van der Waals surface area (Å²) in [5.74, 6) is 0.356. The van der Waals surface area contributed by atoms with Gasteiger partial charge >= 0.3 is 0 Å². The highest BCUT2D eigenvalue weighted by Gasteiger charge is 2.09. The van der Waals surface area contributed by atoms with E-state index in [0.717, 1.165) is 17.7 Å². The van der Waals surface area contributed by atoms with Crippen LogP contribution in [0.15, 0.2) is 41.1 Å². The quantitative estimate of drug-likeness (QED) is 0.715. The van der Waals surface area contributed by atoms with Gasteiger partial charge in [0.15, 0.2) is 0 Å². The topological polar surface area (TPSA) is 72.7 Å². The average Bonchev–Trinajstić information content (AvgIpc) is 3.25. The highest BCUT2D eigenvalue weighted by molar-refractivity contribution is 7.08. The predicted molar refractivity (Wildman–Crippen MR) is 94.8 cm³/mol. The van der Waals surface area contributed by atoms with Crippen LogP contribution in [0.4, 0.5) is 5.69 Å². The number of anilines is 1. The maximum Gasteiger partial charge on any atom is 0.248 e. The first-order valence-electron chi connectivity index (χ1n) is 7.94. The van der Waals surface area contributed by atoms with Crippen molar-refractivity contribution in [3.8, 4) is 11.4 Å². The maximum absolute atomic E-state index is 12.1. The normalized spacial score (nSPS) is 10.7. The van der Waals surface area contributed by atoms with Gasteiger partial charge in [0.1, 0.15) is 6.54 Å². The lowest BCUT2D eigenvalue weighted by atomic mass is 10.1. The second-order valence-corrected chi connectivity index (χ2v) is 6.28. The molecule has 0 aliphatic carbocycles. The number of rotatable bonds is 7. The number of carbonyl (C=O) groups is 1. The fraction of sp³-hybridized carbons (Fsp3) is 0.294. The summed E-state index contributed by atoms with van der Waals surface area (Å²) in [6, 6.07) is 9.87. The summed E-state index contributed by atoms with van der Waals surface area (Å²) < 4.78 is 0. The Bertz CT molecular complexity index is 780. The van der Waals surface area contributed by atoms with Crippen molar-refractivity contribution < 1.29 is 4.79 Å². The minimum absolute atomic E-state index is 0.0364. The molecule has 0 bridgehead atoms. The zero-order valence-corrected chi connectivity index (χ0v) is 14.3. The van der Waals surface area contributed by atoms with Gasteiger partial charge in [-0.1, -0.05) is 25.5 Å². The van der Waals surface area contributed by atoms with Crippen LogP contribution in [0.25, 0.3) is 11.4 Å². The molecule has 1 N–H and O–H groups in total. The first-order valence-corrected chi connectivity index (χ1v) is 8.88. The monoisotopic (exact) mass is 341 g/mol. The Morgan fingerprint density at radius 3 is 2.79 bits per heavy atom. The van der Waals surface area contributed by atoms with Crippen molar-refractivity contribution in [3.05, 3.63) is 46.7 Å². The highest BCUT2D eigenvalue weighted by atomic mass is 32.1. The Morgan fingerprint density at radius 2 is 2.08 bits per heavy atom. The van der Waals surface area contributed by atoms with Gasteiger partial charge in [-0.25, -0.2) is 0 Å². The molecule has 124 valence electrons. The van der Waals surface area contributed by atoms with Gasteiger partial charge in [-0.3, -0.25) is 4.79 Å². The third-order valence-electron chi connectivity index (χ3n) is 3.57. The van der Waals surface area contributed by atoms with Crippen molar-refractivity contribution in [2.45, 2.75) is 32.7 Å². The molecular formula is C17H19N5OS. The van der Waals surface area contributed by atoms with E-state index < -0.39 is 0 Å². The van der Waals surface area contributed by atoms with Gasteiger partial charge in [0, 0.05) is 16.6 Å². The van der Waals surface area contributed by atoms with Crippen molar-refractivity contribution in [3.63, 3.8) is 0 Å². The molecule has 2 heterocycles. The summed E-state index contributed by atoms with van der Waals surface area (Å²) in [7, 11) is 0. The van der Waals surface area contributed by atoms with Gasteiger partial charge in [0.2, 0.25) is 11.7 Å². The highest BCUT2D eigenvalue weighted by Crippen LogP contribution is 2.16. The molecule has 0 atom stereocenters. The number of hydrogen-bond donors (Lipinski definition) is 1. The molecule has 1 amide bonds. The van der Waals surface area contributed by atoms with Crippen molar-refractivity contribution in [2.75, 3.05) is 5.32 Å². The van der Waals surface area contributed by atoms with Crippen LogP contribution in [0.1, 0.15) is 25.3 Å². The van der Waals surface area contributed by atoms with Crippen LogP contribution in [0.3, 0.4) is 0 Å². The van der Waals surface area contributed by atoms with E-state index >= 15 is 0 Å². The van der Waals surface area contributed by atoms with Crippen molar-refractivity contribution in [1.82, 2.24) is 20.2 Å². The lowest BCUT2D eigenvalue weighted by molar-refractivity contribution is -0.117. The smallest absolute Gasteiger partial charge is 0.248 e. The third-order valence-corrected chi connectivity index (χ3v) is 4.26. The molecule has 3 rings (SSSR count). The van der Waals surface area contributed by atoms with Crippen LogP contribution in [-0.2, 0) is 17.8 Å². The van der Waals surface area contributed by atoms with Crippen LogP contribution in [0.5, 0.6) is 0 Å². The minimum Gasteiger partial charge on any atom is -0.324 e. The molecule has 0 aliphatic rings. The molecule has 2 aromatic heterocycles. The van der Waals surface area contributed by atoms with E-state index in [-0.39, 0.29) is 12.5 Å². The van der Waals surface area contributed by atoms with Crippen molar-refractivity contribution >= 4 is 22.9 Å². The van der Waals surface area contributed by atoms with Crippen LogP contribution < -0.4 is 5.32 Å². The minimum atomic E-state index is -0.175. The maximum atomic E-state index is 12.1. The second-order valence-electron chi connectivity index (χ2n) is 5.50. The summed E-state index contributed by atoms with van der Waals surface area (Å²) in [5.41, 5.74) is 2.97. The number of thiophene rings is 1. The van der Waals surface area contributed by atoms with Crippen LogP contribution in [0, 0.1) is 0 Å². The average molecular weight is 341 g/mol. The molecule has 3 aromatic rings. The van der Waals surface area contributed by atoms with Gasteiger partial charge in [0.05, 0.1) is 0 Å². The molecule has 1 aromatic carbocycles. The molecule has 6 nitrogen and oxygen atoms in total. The number of nitrogens with zero attached hydrogens (tertiary/aromatic N) is 4. The molecule has 0 radical (unpaired) electrons. The van der Waals surface area contributed by atoms with E-state index in [9.17, 15) is 4.79 Å². The Morgan fingerprint density at radius 1 is 1.25 bits per heavy atom. The lowest BCUT2D eigenvalue weighted by Crippen LogP contribution is -2.20. The second kappa shape index (κ2) is 7.83. The molecule has 7 heteroatoms. The SMILES string of the molecule is CCCCc1ccc(NC(=O)Cn2nnc(-c3ccsc3)n2)cc1. The number of tetrazole rings is 1. The van der Waals surface area contributed by atoms with E-state index in [1.807, 2.05) is 41.1 Å². The van der Waals surface area contributed by atoms with Crippen LogP contribution in [0.2, 0.25) is 0 Å². The molecule has 0 aliphatic heterocycles.